The number of rotatable bonds is 6. The number of hydrogen-bond acceptors (Lipinski definition) is 3. The first-order chi connectivity index (χ1) is 9.19. The van der Waals surface area contributed by atoms with Gasteiger partial charge in [-0.1, -0.05) is 19.1 Å². The van der Waals surface area contributed by atoms with Crippen molar-refractivity contribution >= 4 is 27.7 Å². The van der Waals surface area contributed by atoms with E-state index >= 15 is 0 Å². The molecular weight excluding hydrogens is 322 g/mol. The standard InChI is InChI=1S/C15H22BrNOS/c1-2-9-17-15(11-18)8-7-12(10-15)19-14-6-4-3-5-13(14)16/h3-6,12,17-18H,2,7-11H2,1H3. The maximum absolute atomic E-state index is 9.70. The minimum Gasteiger partial charge on any atom is -0.394 e. The summed E-state index contributed by atoms with van der Waals surface area (Å²) in [6.45, 7) is 3.41. The highest BCUT2D eigenvalue weighted by Gasteiger charge is 2.38. The summed E-state index contributed by atoms with van der Waals surface area (Å²) in [4.78, 5) is 1.30. The average molecular weight is 344 g/mol. The largest absolute Gasteiger partial charge is 0.394 e. The maximum Gasteiger partial charge on any atom is 0.0613 e. The molecule has 1 aromatic rings. The quantitative estimate of drug-likeness (QED) is 0.823. The van der Waals surface area contributed by atoms with E-state index in [1.165, 1.54) is 15.8 Å². The van der Waals surface area contributed by atoms with Crippen molar-refractivity contribution in [2.75, 3.05) is 13.2 Å². The van der Waals surface area contributed by atoms with Crippen molar-refractivity contribution in [1.82, 2.24) is 5.32 Å². The number of benzene rings is 1. The van der Waals surface area contributed by atoms with E-state index < -0.39 is 0 Å². The van der Waals surface area contributed by atoms with Crippen LogP contribution in [0.3, 0.4) is 0 Å². The predicted molar refractivity (Wildman–Crippen MR) is 85.7 cm³/mol. The Hall–Kier alpha value is -0.0300. The summed E-state index contributed by atoms with van der Waals surface area (Å²) in [5.74, 6) is 0. The average Bonchev–Trinajstić information content (AvgIpc) is 2.83. The van der Waals surface area contributed by atoms with Crippen molar-refractivity contribution in [3.63, 3.8) is 0 Å². The molecule has 4 heteroatoms. The molecule has 0 bridgehead atoms. The van der Waals surface area contributed by atoms with Gasteiger partial charge in [-0.3, -0.25) is 0 Å². The van der Waals surface area contributed by atoms with Crippen LogP contribution in [0.25, 0.3) is 0 Å². The fourth-order valence-corrected chi connectivity index (χ4v) is 4.55. The van der Waals surface area contributed by atoms with Gasteiger partial charge in [-0.05, 0) is 60.3 Å². The zero-order chi connectivity index (χ0) is 13.7. The lowest BCUT2D eigenvalue weighted by molar-refractivity contribution is 0.165. The van der Waals surface area contributed by atoms with E-state index in [-0.39, 0.29) is 12.1 Å². The van der Waals surface area contributed by atoms with E-state index in [1.807, 2.05) is 17.8 Å². The molecule has 2 nitrogen and oxygen atoms in total. The number of aliphatic hydroxyl groups excluding tert-OH is 1. The molecule has 0 radical (unpaired) electrons. The van der Waals surface area contributed by atoms with Gasteiger partial charge in [0.15, 0.2) is 0 Å². The van der Waals surface area contributed by atoms with Crippen molar-refractivity contribution in [3.05, 3.63) is 28.7 Å². The predicted octanol–water partition coefficient (Wildman–Crippen LogP) is 3.82. The van der Waals surface area contributed by atoms with Gasteiger partial charge in [0.25, 0.3) is 0 Å². The minimum atomic E-state index is -0.0467. The lowest BCUT2D eigenvalue weighted by Crippen LogP contribution is -2.46. The fourth-order valence-electron chi connectivity index (χ4n) is 2.65. The van der Waals surface area contributed by atoms with Gasteiger partial charge in [-0.2, -0.15) is 0 Å². The van der Waals surface area contributed by atoms with Crippen LogP contribution in [0, 0.1) is 0 Å². The number of hydrogen-bond donors (Lipinski definition) is 2. The van der Waals surface area contributed by atoms with Crippen LogP contribution in [-0.2, 0) is 0 Å². The second-order valence-corrected chi connectivity index (χ2v) is 7.47. The van der Waals surface area contributed by atoms with Gasteiger partial charge >= 0.3 is 0 Å². The SMILES string of the molecule is CCCNC1(CO)CCC(Sc2ccccc2Br)C1. The van der Waals surface area contributed by atoms with Crippen LogP contribution >= 0.6 is 27.7 Å². The third kappa shape index (κ3) is 3.97. The van der Waals surface area contributed by atoms with E-state index in [4.69, 9.17) is 0 Å². The molecule has 0 heterocycles. The highest BCUT2D eigenvalue weighted by atomic mass is 79.9. The molecule has 2 unspecified atom stereocenters. The summed E-state index contributed by atoms with van der Waals surface area (Å²) in [6, 6.07) is 8.37. The van der Waals surface area contributed by atoms with Crippen molar-refractivity contribution in [2.24, 2.45) is 0 Å². The lowest BCUT2D eigenvalue weighted by atomic mass is 9.99. The summed E-state index contributed by atoms with van der Waals surface area (Å²) in [5.41, 5.74) is -0.0467. The first-order valence-electron chi connectivity index (χ1n) is 6.96. The van der Waals surface area contributed by atoms with E-state index in [0.29, 0.717) is 5.25 Å². The molecule has 2 rings (SSSR count). The number of aliphatic hydroxyl groups is 1. The van der Waals surface area contributed by atoms with Crippen LogP contribution in [0.5, 0.6) is 0 Å². The third-order valence-electron chi connectivity index (χ3n) is 3.75. The minimum absolute atomic E-state index is 0.0467. The van der Waals surface area contributed by atoms with E-state index in [2.05, 4.69) is 46.4 Å². The molecule has 1 aromatic carbocycles. The monoisotopic (exact) mass is 343 g/mol. The normalized spacial score (nSPS) is 26.8. The van der Waals surface area contributed by atoms with Gasteiger partial charge in [0.2, 0.25) is 0 Å². The highest BCUT2D eigenvalue weighted by molar-refractivity contribution is 9.10. The van der Waals surface area contributed by atoms with Gasteiger partial charge in [0.1, 0.15) is 0 Å². The summed E-state index contributed by atoms with van der Waals surface area (Å²) in [7, 11) is 0. The van der Waals surface area contributed by atoms with Crippen molar-refractivity contribution in [1.29, 1.82) is 0 Å². The molecule has 0 aliphatic heterocycles. The molecule has 106 valence electrons. The van der Waals surface area contributed by atoms with Crippen LogP contribution < -0.4 is 5.32 Å². The molecule has 19 heavy (non-hydrogen) atoms. The van der Waals surface area contributed by atoms with Crippen LogP contribution in [0.2, 0.25) is 0 Å². The van der Waals surface area contributed by atoms with Gasteiger partial charge in [-0.15, -0.1) is 11.8 Å². The van der Waals surface area contributed by atoms with Crippen LogP contribution in [0.1, 0.15) is 32.6 Å². The van der Waals surface area contributed by atoms with Gasteiger partial charge in [0.05, 0.1) is 6.61 Å². The first-order valence-corrected chi connectivity index (χ1v) is 8.63. The van der Waals surface area contributed by atoms with E-state index in [1.54, 1.807) is 0 Å². The molecular formula is C15H22BrNOS. The van der Waals surface area contributed by atoms with Crippen molar-refractivity contribution in [3.8, 4) is 0 Å². The first kappa shape index (κ1) is 15.4. The van der Waals surface area contributed by atoms with Crippen molar-refractivity contribution < 1.29 is 5.11 Å². The molecule has 0 saturated heterocycles. The molecule has 0 aromatic heterocycles. The van der Waals surface area contributed by atoms with Gasteiger partial charge in [-0.25, -0.2) is 0 Å². The Morgan fingerprint density at radius 1 is 1.47 bits per heavy atom. The Bertz CT molecular complexity index is 415. The number of halogens is 1. The molecule has 1 aliphatic carbocycles. The van der Waals surface area contributed by atoms with Crippen LogP contribution in [-0.4, -0.2) is 29.0 Å². The van der Waals surface area contributed by atoms with Crippen LogP contribution in [0.4, 0.5) is 0 Å². The Morgan fingerprint density at radius 2 is 2.26 bits per heavy atom. The van der Waals surface area contributed by atoms with E-state index in [0.717, 1.165) is 25.8 Å². The topological polar surface area (TPSA) is 32.3 Å². The van der Waals surface area contributed by atoms with E-state index in [9.17, 15) is 5.11 Å². The van der Waals surface area contributed by atoms with Crippen molar-refractivity contribution in [2.45, 2.75) is 48.3 Å². The molecule has 0 spiro atoms. The zero-order valence-electron chi connectivity index (χ0n) is 11.4. The summed E-state index contributed by atoms with van der Waals surface area (Å²) in [6.07, 6.45) is 4.41. The second-order valence-electron chi connectivity index (χ2n) is 5.28. The molecule has 2 atom stereocenters. The number of nitrogens with one attached hydrogen (secondary N) is 1. The van der Waals surface area contributed by atoms with Gasteiger partial charge in [0, 0.05) is 20.2 Å². The summed E-state index contributed by atoms with van der Waals surface area (Å²) < 4.78 is 1.17. The third-order valence-corrected chi connectivity index (χ3v) is 6.05. The molecule has 0 amide bonds. The second kappa shape index (κ2) is 7.11. The summed E-state index contributed by atoms with van der Waals surface area (Å²) >= 11 is 5.54. The molecule has 1 aliphatic rings. The molecule has 1 saturated carbocycles. The lowest BCUT2D eigenvalue weighted by Gasteiger charge is -2.28. The highest BCUT2D eigenvalue weighted by Crippen LogP contribution is 2.41. The zero-order valence-corrected chi connectivity index (χ0v) is 13.8. The van der Waals surface area contributed by atoms with Gasteiger partial charge < -0.3 is 10.4 Å². The smallest absolute Gasteiger partial charge is 0.0613 e. The van der Waals surface area contributed by atoms with Crippen LogP contribution in [0.15, 0.2) is 33.6 Å². The molecule has 2 N–H and O–H groups in total. The maximum atomic E-state index is 9.70. The Labute approximate surface area is 128 Å². The Morgan fingerprint density at radius 3 is 2.95 bits per heavy atom. The fraction of sp³-hybridized carbons (Fsp3) is 0.600. The summed E-state index contributed by atoms with van der Waals surface area (Å²) in [5, 5.41) is 13.8. The Balaban J connectivity index is 1.96. The number of thioether (sulfide) groups is 1. The Kier molecular flexibility index (Phi) is 5.75. The molecule has 1 fully saturated rings.